The van der Waals surface area contributed by atoms with Crippen LogP contribution in [0, 0.1) is 16.0 Å². The number of nitro groups is 1. The molecule has 0 unspecified atom stereocenters. The molecule has 26 heavy (non-hydrogen) atoms. The van der Waals surface area contributed by atoms with Crippen molar-refractivity contribution in [3.05, 3.63) is 58.1 Å². The molecule has 0 radical (unpaired) electrons. The molecule has 138 valence electrons. The highest BCUT2D eigenvalue weighted by Gasteiger charge is 2.07. The molecule has 0 bridgehead atoms. The average molecular weight is 357 g/mol. The molecule has 1 N–H and O–H groups in total. The average Bonchev–Trinajstić information content (AvgIpc) is 2.61. The summed E-state index contributed by atoms with van der Waals surface area (Å²) in [6, 6.07) is 11.7. The van der Waals surface area contributed by atoms with E-state index in [1.165, 1.54) is 12.1 Å². The van der Waals surface area contributed by atoms with Gasteiger partial charge in [-0.15, -0.1) is 0 Å². The van der Waals surface area contributed by atoms with Crippen molar-refractivity contribution in [2.45, 2.75) is 20.8 Å². The maximum absolute atomic E-state index is 10.6. The Morgan fingerprint density at radius 1 is 1.15 bits per heavy atom. The topological polar surface area (TPSA) is 86.0 Å². The summed E-state index contributed by atoms with van der Waals surface area (Å²) in [6.07, 6.45) is 1.65. The smallest absolute Gasteiger partial charge is 0.269 e. The second kappa shape index (κ2) is 9.41. The molecule has 0 spiro atoms. The second-order valence-corrected chi connectivity index (χ2v) is 6.02. The monoisotopic (exact) mass is 357 g/mol. The van der Waals surface area contributed by atoms with E-state index in [0.717, 1.165) is 5.56 Å². The highest BCUT2D eigenvalue weighted by Crippen LogP contribution is 2.28. The van der Waals surface area contributed by atoms with Crippen molar-refractivity contribution in [1.82, 2.24) is 0 Å². The lowest BCUT2D eigenvalue weighted by Gasteiger charge is -2.13. The van der Waals surface area contributed by atoms with Crippen LogP contribution >= 0.6 is 0 Å². The summed E-state index contributed by atoms with van der Waals surface area (Å²) in [4.78, 5) is 10.2. The maximum Gasteiger partial charge on any atom is 0.269 e. The van der Waals surface area contributed by atoms with E-state index in [1.807, 2.05) is 25.1 Å². The summed E-state index contributed by atoms with van der Waals surface area (Å²) in [5.74, 6) is 1.81. The van der Waals surface area contributed by atoms with Crippen LogP contribution in [-0.4, -0.2) is 24.4 Å². The zero-order chi connectivity index (χ0) is 18.9. The van der Waals surface area contributed by atoms with Crippen LogP contribution < -0.4 is 14.9 Å². The number of ether oxygens (including phenoxy) is 2. The van der Waals surface area contributed by atoms with E-state index in [-0.39, 0.29) is 5.69 Å². The van der Waals surface area contributed by atoms with Crippen molar-refractivity contribution < 1.29 is 14.4 Å². The van der Waals surface area contributed by atoms with Crippen LogP contribution in [0.15, 0.2) is 47.6 Å². The largest absolute Gasteiger partial charge is 0.490 e. The molecule has 0 fully saturated rings. The third kappa shape index (κ3) is 5.77. The molecule has 7 nitrogen and oxygen atoms in total. The number of nitrogens with one attached hydrogen (secondary N) is 1. The van der Waals surface area contributed by atoms with Crippen molar-refractivity contribution in [2.75, 3.05) is 18.6 Å². The van der Waals surface area contributed by atoms with Gasteiger partial charge in [0.1, 0.15) is 0 Å². The molecule has 7 heteroatoms. The number of nitrogens with zero attached hydrogens (tertiary/aromatic N) is 2. The van der Waals surface area contributed by atoms with E-state index in [0.29, 0.717) is 36.3 Å². The van der Waals surface area contributed by atoms with Crippen molar-refractivity contribution in [1.29, 1.82) is 0 Å². The molecule has 0 aromatic heterocycles. The molecule has 0 heterocycles. The number of anilines is 1. The van der Waals surface area contributed by atoms with E-state index in [9.17, 15) is 10.1 Å². The normalized spacial score (nSPS) is 10.9. The number of rotatable bonds is 9. The Hall–Kier alpha value is -3.09. The zero-order valence-electron chi connectivity index (χ0n) is 15.1. The molecule has 0 aliphatic rings. The molecule has 0 aliphatic heterocycles. The molecule has 0 aliphatic carbocycles. The quantitative estimate of drug-likeness (QED) is 0.406. The lowest BCUT2D eigenvalue weighted by molar-refractivity contribution is -0.384. The third-order valence-electron chi connectivity index (χ3n) is 3.33. The van der Waals surface area contributed by atoms with Crippen LogP contribution in [0.3, 0.4) is 0 Å². The Kier molecular flexibility index (Phi) is 6.96. The first-order valence-corrected chi connectivity index (χ1v) is 8.42. The summed E-state index contributed by atoms with van der Waals surface area (Å²) in [5.41, 5.74) is 4.39. The van der Waals surface area contributed by atoms with Gasteiger partial charge in [0.2, 0.25) is 0 Å². The van der Waals surface area contributed by atoms with Crippen LogP contribution in [0.4, 0.5) is 11.4 Å². The van der Waals surface area contributed by atoms with Gasteiger partial charge in [0.25, 0.3) is 5.69 Å². The van der Waals surface area contributed by atoms with Crippen LogP contribution in [0.2, 0.25) is 0 Å². The highest BCUT2D eigenvalue weighted by molar-refractivity contribution is 5.81. The fourth-order valence-corrected chi connectivity index (χ4v) is 2.09. The number of non-ortho nitro benzene ring substituents is 1. The second-order valence-electron chi connectivity index (χ2n) is 6.02. The van der Waals surface area contributed by atoms with E-state index < -0.39 is 4.92 Å². The molecule has 2 aromatic rings. The Bertz CT molecular complexity index is 758. The highest BCUT2D eigenvalue weighted by atomic mass is 16.6. The van der Waals surface area contributed by atoms with Crippen LogP contribution in [0.5, 0.6) is 11.5 Å². The van der Waals surface area contributed by atoms with Gasteiger partial charge in [-0.05, 0) is 48.7 Å². The summed E-state index contributed by atoms with van der Waals surface area (Å²) in [5, 5.41) is 14.8. The molecule has 0 saturated carbocycles. The molecule has 2 rings (SSSR count). The number of hydrogen-bond donors (Lipinski definition) is 1. The molecule has 0 amide bonds. The summed E-state index contributed by atoms with van der Waals surface area (Å²) >= 11 is 0. The van der Waals surface area contributed by atoms with Crippen molar-refractivity contribution in [3.63, 3.8) is 0 Å². The van der Waals surface area contributed by atoms with Gasteiger partial charge < -0.3 is 9.47 Å². The van der Waals surface area contributed by atoms with Gasteiger partial charge in [0.15, 0.2) is 11.5 Å². The molecule has 0 atom stereocenters. The minimum atomic E-state index is -0.439. The Morgan fingerprint density at radius 2 is 1.88 bits per heavy atom. The Morgan fingerprint density at radius 3 is 2.50 bits per heavy atom. The van der Waals surface area contributed by atoms with Gasteiger partial charge in [-0.3, -0.25) is 15.5 Å². The van der Waals surface area contributed by atoms with Crippen molar-refractivity contribution >= 4 is 17.6 Å². The summed E-state index contributed by atoms with van der Waals surface area (Å²) in [6.45, 7) is 7.26. The predicted octanol–water partition coefficient (Wildman–Crippen LogP) is 4.47. The Balaban J connectivity index is 2.04. The van der Waals surface area contributed by atoms with Gasteiger partial charge in [-0.25, -0.2) is 0 Å². The third-order valence-corrected chi connectivity index (χ3v) is 3.33. The maximum atomic E-state index is 10.6. The molecule has 2 aromatic carbocycles. The fraction of sp³-hybridized carbons (Fsp3) is 0.316. The van der Waals surface area contributed by atoms with E-state index >= 15 is 0 Å². The first kappa shape index (κ1) is 19.2. The van der Waals surface area contributed by atoms with Gasteiger partial charge in [-0.1, -0.05) is 13.8 Å². The van der Waals surface area contributed by atoms with E-state index in [4.69, 9.17) is 9.47 Å². The fourth-order valence-electron chi connectivity index (χ4n) is 2.09. The van der Waals surface area contributed by atoms with Gasteiger partial charge >= 0.3 is 0 Å². The van der Waals surface area contributed by atoms with E-state index in [2.05, 4.69) is 24.4 Å². The number of hydrogen-bond acceptors (Lipinski definition) is 6. The zero-order valence-corrected chi connectivity index (χ0v) is 15.1. The molecule has 0 saturated heterocycles. The van der Waals surface area contributed by atoms with Crippen LogP contribution in [-0.2, 0) is 0 Å². The number of hydrazone groups is 1. The molecular formula is C19H23N3O4. The lowest BCUT2D eigenvalue weighted by atomic mass is 10.2. The van der Waals surface area contributed by atoms with Gasteiger partial charge in [0, 0.05) is 12.1 Å². The lowest BCUT2D eigenvalue weighted by Crippen LogP contribution is -2.06. The first-order chi connectivity index (χ1) is 12.5. The number of benzene rings is 2. The SMILES string of the molecule is CCOc1cc(C=NNc2ccc([N+](=O)[O-])cc2)ccc1OCC(C)C. The minimum Gasteiger partial charge on any atom is -0.490 e. The standard InChI is InChI=1S/C19H23N3O4/c1-4-25-19-11-15(5-10-18(19)26-13-14(2)3)12-20-21-16-6-8-17(9-7-16)22(23)24/h5-12,14,21H,4,13H2,1-3H3. The van der Waals surface area contributed by atoms with Crippen molar-refractivity contribution in [2.24, 2.45) is 11.0 Å². The van der Waals surface area contributed by atoms with Gasteiger partial charge in [0.05, 0.1) is 30.0 Å². The minimum absolute atomic E-state index is 0.0397. The number of nitro benzene ring substituents is 1. The van der Waals surface area contributed by atoms with Crippen LogP contribution in [0.25, 0.3) is 0 Å². The predicted molar refractivity (Wildman–Crippen MR) is 102 cm³/mol. The van der Waals surface area contributed by atoms with Gasteiger partial charge in [-0.2, -0.15) is 5.10 Å². The molecular weight excluding hydrogens is 334 g/mol. The van der Waals surface area contributed by atoms with Crippen LogP contribution in [0.1, 0.15) is 26.3 Å². The van der Waals surface area contributed by atoms with Crippen molar-refractivity contribution in [3.8, 4) is 11.5 Å². The summed E-state index contributed by atoms with van der Waals surface area (Å²) < 4.78 is 11.4. The first-order valence-electron chi connectivity index (χ1n) is 8.42. The van der Waals surface area contributed by atoms with E-state index in [1.54, 1.807) is 18.3 Å². The summed E-state index contributed by atoms with van der Waals surface area (Å²) in [7, 11) is 0. The Labute approximate surface area is 152 Å².